The summed E-state index contributed by atoms with van der Waals surface area (Å²) >= 11 is 0. The minimum absolute atomic E-state index is 0.00403. The van der Waals surface area contributed by atoms with Crippen molar-refractivity contribution in [2.75, 3.05) is 0 Å². The molecule has 4 heteroatoms. The normalized spacial score (nSPS) is 11.5. The van der Waals surface area contributed by atoms with Gasteiger partial charge in [0.1, 0.15) is 5.54 Å². The first-order valence-electron chi connectivity index (χ1n) is 3.16. The number of hydrogen-bond acceptors (Lipinski definition) is 3. The van der Waals surface area contributed by atoms with Crippen LogP contribution < -0.4 is 4.68 Å². The molecule has 0 aliphatic heterocycles. The minimum Gasteiger partial charge on any atom is -0.128 e. The van der Waals surface area contributed by atoms with Gasteiger partial charge in [-0.25, -0.2) is 0 Å². The van der Waals surface area contributed by atoms with Crippen molar-refractivity contribution in [1.82, 2.24) is 15.3 Å². The first-order chi connectivity index (χ1) is 4.61. The van der Waals surface area contributed by atoms with Gasteiger partial charge in [0.25, 0.3) is 0 Å². The van der Waals surface area contributed by atoms with E-state index in [0.29, 0.717) is 0 Å². The van der Waals surface area contributed by atoms with Gasteiger partial charge < -0.3 is 0 Å². The second-order valence-corrected chi connectivity index (χ2v) is 3.09. The number of hydrogen-bond donors (Lipinski definition) is 0. The smallest absolute Gasteiger partial charge is 0.128 e. The van der Waals surface area contributed by atoms with E-state index in [4.69, 9.17) is 0 Å². The average Bonchev–Trinajstić information content (AvgIpc) is 1.88. The molecule has 0 N–H and O–H groups in total. The molecule has 0 spiro atoms. The van der Waals surface area contributed by atoms with E-state index in [1.165, 1.54) is 6.33 Å². The molecule has 0 radical (unpaired) electrons. The molecule has 1 rings (SSSR count). The molecule has 0 bridgehead atoms. The van der Waals surface area contributed by atoms with Crippen molar-refractivity contribution >= 4 is 0 Å². The van der Waals surface area contributed by atoms with Crippen molar-refractivity contribution in [3.8, 4) is 0 Å². The Kier molecular flexibility index (Phi) is 1.61. The Hall–Kier alpha value is -1.06. The maximum Gasteiger partial charge on any atom is 0.335 e. The molecule has 10 heavy (non-hydrogen) atoms. The van der Waals surface area contributed by atoms with Crippen LogP contribution in [0.2, 0.25) is 0 Å². The number of nitrogens with zero attached hydrogens (tertiary/aromatic N) is 4. The van der Waals surface area contributed by atoms with E-state index in [1.54, 1.807) is 11.0 Å². The fraction of sp³-hybridized carbons (Fsp3) is 0.667. The van der Waals surface area contributed by atoms with Gasteiger partial charge in [-0.2, -0.15) is 0 Å². The third-order valence-electron chi connectivity index (χ3n) is 1.14. The highest BCUT2D eigenvalue weighted by Gasteiger charge is 2.18. The van der Waals surface area contributed by atoms with Crippen LogP contribution in [0.1, 0.15) is 20.8 Å². The van der Waals surface area contributed by atoms with Crippen LogP contribution in [0.3, 0.4) is 0 Å². The number of aromatic nitrogens is 4. The van der Waals surface area contributed by atoms with E-state index in [-0.39, 0.29) is 5.54 Å². The molecule has 0 amide bonds. The van der Waals surface area contributed by atoms with Crippen molar-refractivity contribution in [3.05, 3.63) is 12.7 Å². The summed E-state index contributed by atoms with van der Waals surface area (Å²) in [4.78, 5) is 0. The van der Waals surface area contributed by atoms with Crippen molar-refractivity contribution in [2.24, 2.45) is 0 Å². The quantitative estimate of drug-likeness (QED) is 0.472. The molecule has 1 aromatic rings. The maximum absolute atomic E-state index is 3.99. The Morgan fingerprint density at radius 2 is 1.90 bits per heavy atom. The minimum atomic E-state index is -0.00403. The lowest BCUT2D eigenvalue weighted by Gasteiger charge is -2.11. The Bertz CT molecular complexity index is 201. The monoisotopic (exact) mass is 139 g/mol. The van der Waals surface area contributed by atoms with Gasteiger partial charge in [-0.15, -0.1) is 4.68 Å². The fourth-order valence-electron chi connectivity index (χ4n) is 0.563. The zero-order chi connectivity index (χ0) is 7.61. The summed E-state index contributed by atoms with van der Waals surface area (Å²) in [5.74, 6) is 0. The molecule has 0 aliphatic carbocycles. The molecule has 0 aromatic carbocycles. The van der Waals surface area contributed by atoms with E-state index in [1.807, 2.05) is 0 Å². The van der Waals surface area contributed by atoms with Crippen LogP contribution in [-0.2, 0) is 5.54 Å². The molecular weight excluding hydrogens is 128 g/mol. The van der Waals surface area contributed by atoms with Crippen molar-refractivity contribution in [1.29, 1.82) is 0 Å². The predicted octanol–water partition coefficient (Wildman–Crippen LogP) is -0.0859. The maximum atomic E-state index is 3.99. The summed E-state index contributed by atoms with van der Waals surface area (Å²) in [5, 5.41) is 11.3. The molecule has 0 fully saturated rings. The van der Waals surface area contributed by atoms with E-state index in [2.05, 4.69) is 36.1 Å². The highest BCUT2D eigenvalue weighted by atomic mass is 15.4. The molecule has 54 valence electrons. The zero-order valence-corrected chi connectivity index (χ0v) is 6.44. The Balaban J connectivity index is 2.97. The molecule has 0 aliphatic rings. The summed E-state index contributed by atoms with van der Waals surface area (Å²) in [6.07, 6.45) is 3.05. The molecule has 0 saturated heterocycles. The Labute approximate surface area is 59.9 Å². The van der Waals surface area contributed by atoms with E-state index < -0.39 is 0 Å². The van der Waals surface area contributed by atoms with Gasteiger partial charge in [-0.1, -0.05) is 5.10 Å². The fourth-order valence-corrected chi connectivity index (χ4v) is 0.563. The second-order valence-electron chi connectivity index (χ2n) is 3.09. The lowest BCUT2D eigenvalue weighted by atomic mass is 10.1. The van der Waals surface area contributed by atoms with Gasteiger partial charge in [0, 0.05) is 0 Å². The van der Waals surface area contributed by atoms with Crippen molar-refractivity contribution in [2.45, 2.75) is 26.3 Å². The predicted molar refractivity (Wildman–Crippen MR) is 35.0 cm³/mol. The molecule has 1 heterocycles. The molecule has 0 saturated carbocycles. The highest BCUT2D eigenvalue weighted by molar-refractivity contribution is 4.46. The molecular formula is C6H11N4+. The molecule has 0 unspecified atom stereocenters. The van der Waals surface area contributed by atoms with Crippen LogP contribution in [0.4, 0.5) is 0 Å². The SMILES string of the molecule is CC(C)(C)[n+]1cnncn1. The largest absolute Gasteiger partial charge is 0.335 e. The average molecular weight is 139 g/mol. The van der Waals surface area contributed by atoms with E-state index >= 15 is 0 Å². The molecule has 4 nitrogen and oxygen atoms in total. The van der Waals surface area contributed by atoms with Gasteiger partial charge >= 0.3 is 6.33 Å². The summed E-state index contributed by atoms with van der Waals surface area (Å²) in [6.45, 7) is 6.17. The summed E-state index contributed by atoms with van der Waals surface area (Å²) in [6, 6.07) is 0. The first-order valence-corrected chi connectivity index (χ1v) is 3.16. The molecule has 0 atom stereocenters. The first kappa shape index (κ1) is 7.05. The third kappa shape index (κ3) is 1.46. The Morgan fingerprint density at radius 1 is 1.20 bits per heavy atom. The molecule has 1 aromatic heterocycles. The highest BCUT2D eigenvalue weighted by Crippen LogP contribution is 1.98. The van der Waals surface area contributed by atoms with Crippen molar-refractivity contribution in [3.63, 3.8) is 0 Å². The van der Waals surface area contributed by atoms with Gasteiger partial charge in [0.15, 0.2) is 0 Å². The standard InChI is InChI=1S/C6H11N4/c1-6(2,3)10-5-8-7-4-9-10/h4-5H,1-3H3/q+1. The lowest BCUT2D eigenvalue weighted by Crippen LogP contribution is -2.53. The zero-order valence-electron chi connectivity index (χ0n) is 6.44. The van der Waals surface area contributed by atoms with E-state index in [0.717, 1.165) is 0 Å². The van der Waals surface area contributed by atoms with Gasteiger partial charge in [-0.05, 0) is 25.9 Å². The Morgan fingerprint density at radius 3 is 2.20 bits per heavy atom. The van der Waals surface area contributed by atoms with Crippen LogP contribution in [0.5, 0.6) is 0 Å². The topological polar surface area (TPSA) is 42.5 Å². The summed E-state index contributed by atoms with van der Waals surface area (Å²) < 4.78 is 1.76. The third-order valence-corrected chi connectivity index (χ3v) is 1.14. The van der Waals surface area contributed by atoms with Gasteiger partial charge in [-0.3, -0.25) is 0 Å². The van der Waals surface area contributed by atoms with Crippen LogP contribution in [-0.4, -0.2) is 15.3 Å². The number of rotatable bonds is 0. The van der Waals surface area contributed by atoms with Crippen LogP contribution in [0, 0.1) is 0 Å². The lowest BCUT2D eigenvalue weighted by molar-refractivity contribution is -0.809. The van der Waals surface area contributed by atoms with Crippen molar-refractivity contribution < 1.29 is 4.68 Å². The van der Waals surface area contributed by atoms with E-state index in [9.17, 15) is 0 Å². The van der Waals surface area contributed by atoms with Crippen LogP contribution in [0.25, 0.3) is 0 Å². The van der Waals surface area contributed by atoms with Crippen LogP contribution in [0.15, 0.2) is 12.7 Å². The van der Waals surface area contributed by atoms with Gasteiger partial charge in [0.2, 0.25) is 6.33 Å². The van der Waals surface area contributed by atoms with Crippen LogP contribution >= 0.6 is 0 Å². The second kappa shape index (κ2) is 2.28. The summed E-state index contributed by atoms with van der Waals surface area (Å²) in [7, 11) is 0. The summed E-state index contributed by atoms with van der Waals surface area (Å²) in [5.41, 5.74) is -0.00403. The van der Waals surface area contributed by atoms with Gasteiger partial charge in [0.05, 0.1) is 5.10 Å².